The van der Waals surface area contributed by atoms with E-state index in [1.165, 1.54) is 19.3 Å². The first kappa shape index (κ1) is 11.8. The molecule has 0 radical (unpaired) electrons. The van der Waals surface area contributed by atoms with Crippen molar-refractivity contribution in [1.29, 1.82) is 0 Å². The molecule has 1 fully saturated rings. The maximum Gasteiger partial charge on any atom is 0.251 e. The van der Waals surface area contributed by atoms with Crippen molar-refractivity contribution in [3.8, 4) is 0 Å². The van der Waals surface area contributed by atoms with Gasteiger partial charge >= 0.3 is 0 Å². The lowest BCUT2D eigenvalue weighted by Gasteiger charge is -2.22. The van der Waals surface area contributed by atoms with Gasteiger partial charge in [0.1, 0.15) is 0 Å². The molecule has 92 valence electrons. The molecule has 0 spiro atoms. The third-order valence-electron chi connectivity index (χ3n) is 3.18. The molecule has 0 bridgehead atoms. The van der Waals surface area contributed by atoms with Crippen molar-refractivity contribution in [2.45, 2.75) is 38.1 Å². The zero-order chi connectivity index (χ0) is 12.3. The molecule has 4 heteroatoms. The average molecular weight is 233 g/mol. The molecule has 1 aromatic carbocycles. The van der Waals surface area contributed by atoms with Gasteiger partial charge in [0.2, 0.25) is 0 Å². The molecule has 5 N–H and O–H groups in total. The van der Waals surface area contributed by atoms with E-state index in [4.69, 9.17) is 11.5 Å². The zero-order valence-corrected chi connectivity index (χ0v) is 9.91. The number of carbonyl (C=O) groups is 1. The van der Waals surface area contributed by atoms with E-state index in [0.717, 1.165) is 12.8 Å². The lowest BCUT2D eigenvalue weighted by molar-refractivity contribution is 0.0928. The molecular formula is C13H19N3O. The summed E-state index contributed by atoms with van der Waals surface area (Å²) in [4.78, 5) is 12.0. The van der Waals surface area contributed by atoms with E-state index < -0.39 is 0 Å². The van der Waals surface area contributed by atoms with Crippen LogP contribution in [-0.4, -0.2) is 11.9 Å². The SMILES string of the molecule is Nc1cc(N)cc(C(=O)NC2CCCCC2)c1. The molecule has 1 aliphatic rings. The van der Waals surface area contributed by atoms with Crippen LogP contribution in [0.2, 0.25) is 0 Å². The van der Waals surface area contributed by atoms with Crippen LogP contribution >= 0.6 is 0 Å². The van der Waals surface area contributed by atoms with Crippen LogP contribution in [0.25, 0.3) is 0 Å². The van der Waals surface area contributed by atoms with Gasteiger partial charge in [0.05, 0.1) is 0 Å². The minimum atomic E-state index is -0.0732. The Labute approximate surface area is 101 Å². The summed E-state index contributed by atoms with van der Waals surface area (Å²) in [6.07, 6.45) is 5.82. The Kier molecular flexibility index (Phi) is 3.52. The second-order valence-corrected chi connectivity index (χ2v) is 4.70. The third-order valence-corrected chi connectivity index (χ3v) is 3.18. The van der Waals surface area contributed by atoms with Crippen LogP contribution < -0.4 is 16.8 Å². The van der Waals surface area contributed by atoms with Crippen molar-refractivity contribution in [1.82, 2.24) is 5.32 Å². The van der Waals surface area contributed by atoms with E-state index in [9.17, 15) is 4.79 Å². The fourth-order valence-corrected chi connectivity index (χ4v) is 2.32. The number of carbonyl (C=O) groups excluding carboxylic acids is 1. The Balaban J connectivity index is 2.03. The highest BCUT2D eigenvalue weighted by molar-refractivity contribution is 5.96. The number of nitrogen functional groups attached to an aromatic ring is 2. The first-order chi connectivity index (χ1) is 8.15. The summed E-state index contributed by atoms with van der Waals surface area (Å²) < 4.78 is 0. The summed E-state index contributed by atoms with van der Waals surface area (Å²) in [6.45, 7) is 0. The molecule has 1 aromatic rings. The normalized spacial score (nSPS) is 16.7. The van der Waals surface area contributed by atoms with Gasteiger partial charge in [-0.05, 0) is 31.0 Å². The third kappa shape index (κ3) is 3.12. The van der Waals surface area contributed by atoms with E-state index in [-0.39, 0.29) is 5.91 Å². The molecule has 0 atom stereocenters. The van der Waals surface area contributed by atoms with Crippen molar-refractivity contribution in [3.05, 3.63) is 23.8 Å². The Morgan fingerprint density at radius 3 is 2.24 bits per heavy atom. The van der Waals surface area contributed by atoms with Crippen LogP contribution in [0.5, 0.6) is 0 Å². The van der Waals surface area contributed by atoms with Gasteiger partial charge in [0, 0.05) is 23.0 Å². The summed E-state index contributed by atoms with van der Waals surface area (Å²) in [5, 5.41) is 3.04. The largest absolute Gasteiger partial charge is 0.399 e. The van der Waals surface area contributed by atoms with Gasteiger partial charge in [0.15, 0.2) is 0 Å². The first-order valence-corrected chi connectivity index (χ1v) is 6.12. The number of nitrogens with two attached hydrogens (primary N) is 2. The first-order valence-electron chi connectivity index (χ1n) is 6.12. The van der Waals surface area contributed by atoms with E-state index >= 15 is 0 Å². The number of nitrogens with one attached hydrogen (secondary N) is 1. The second-order valence-electron chi connectivity index (χ2n) is 4.70. The molecule has 1 amide bonds. The maximum absolute atomic E-state index is 12.0. The number of hydrogen-bond acceptors (Lipinski definition) is 3. The van der Waals surface area contributed by atoms with Gasteiger partial charge in [0.25, 0.3) is 5.91 Å². The van der Waals surface area contributed by atoms with Crippen LogP contribution in [-0.2, 0) is 0 Å². The van der Waals surface area contributed by atoms with Gasteiger partial charge in [-0.25, -0.2) is 0 Å². The summed E-state index contributed by atoms with van der Waals surface area (Å²) in [7, 11) is 0. The molecule has 0 unspecified atom stereocenters. The molecule has 1 saturated carbocycles. The second kappa shape index (κ2) is 5.08. The molecule has 0 aliphatic heterocycles. The van der Waals surface area contributed by atoms with Crippen LogP contribution in [0.3, 0.4) is 0 Å². The lowest BCUT2D eigenvalue weighted by Crippen LogP contribution is -2.36. The van der Waals surface area contributed by atoms with E-state index in [0.29, 0.717) is 23.0 Å². The van der Waals surface area contributed by atoms with Crippen molar-refractivity contribution < 1.29 is 4.79 Å². The van der Waals surface area contributed by atoms with Gasteiger partial charge in [-0.1, -0.05) is 19.3 Å². The molecule has 17 heavy (non-hydrogen) atoms. The van der Waals surface area contributed by atoms with Crippen LogP contribution in [0.15, 0.2) is 18.2 Å². The van der Waals surface area contributed by atoms with E-state index in [1.54, 1.807) is 18.2 Å². The fraction of sp³-hybridized carbons (Fsp3) is 0.462. The number of hydrogen-bond donors (Lipinski definition) is 3. The Morgan fingerprint density at radius 1 is 1.06 bits per heavy atom. The van der Waals surface area contributed by atoms with Crippen LogP contribution in [0.1, 0.15) is 42.5 Å². The minimum Gasteiger partial charge on any atom is -0.399 e. The zero-order valence-electron chi connectivity index (χ0n) is 9.91. The summed E-state index contributed by atoms with van der Waals surface area (Å²) in [5.74, 6) is -0.0732. The van der Waals surface area contributed by atoms with Crippen molar-refractivity contribution in [2.24, 2.45) is 0 Å². The number of rotatable bonds is 2. The number of amides is 1. The highest BCUT2D eigenvalue weighted by atomic mass is 16.1. The predicted octanol–water partition coefficient (Wildman–Crippen LogP) is 1.91. The van der Waals surface area contributed by atoms with Crippen molar-refractivity contribution in [3.63, 3.8) is 0 Å². The quantitative estimate of drug-likeness (QED) is 0.682. The van der Waals surface area contributed by atoms with Crippen LogP contribution in [0, 0.1) is 0 Å². The summed E-state index contributed by atoms with van der Waals surface area (Å²) in [5.41, 5.74) is 12.9. The minimum absolute atomic E-state index is 0.0732. The standard InChI is InChI=1S/C13H19N3O/c14-10-6-9(7-11(15)8-10)13(17)16-12-4-2-1-3-5-12/h6-8,12H,1-5,14-15H2,(H,16,17). The van der Waals surface area contributed by atoms with Crippen molar-refractivity contribution in [2.75, 3.05) is 11.5 Å². The number of anilines is 2. The summed E-state index contributed by atoms with van der Waals surface area (Å²) >= 11 is 0. The molecule has 0 heterocycles. The molecule has 0 aromatic heterocycles. The van der Waals surface area contributed by atoms with E-state index in [1.807, 2.05) is 0 Å². The summed E-state index contributed by atoms with van der Waals surface area (Å²) in [6, 6.07) is 5.28. The molecule has 2 rings (SSSR count). The predicted molar refractivity (Wildman–Crippen MR) is 69.6 cm³/mol. The average Bonchev–Trinajstić information content (AvgIpc) is 2.29. The molecule has 4 nitrogen and oxygen atoms in total. The maximum atomic E-state index is 12.0. The van der Waals surface area contributed by atoms with Gasteiger partial charge in [-0.15, -0.1) is 0 Å². The Bertz CT molecular complexity index is 391. The monoisotopic (exact) mass is 233 g/mol. The Morgan fingerprint density at radius 2 is 1.65 bits per heavy atom. The van der Waals surface area contributed by atoms with E-state index in [2.05, 4.69) is 5.32 Å². The van der Waals surface area contributed by atoms with Crippen molar-refractivity contribution >= 4 is 17.3 Å². The van der Waals surface area contributed by atoms with Gasteiger partial charge < -0.3 is 16.8 Å². The smallest absolute Gasteiger partial charge is 0.251 e. The molecular weight excluding hydrogens is 214 g/mol. The van der Waals surface area contributed by atoms with Gasteiger partial charge in [-0.2, -0.15) is 0 Å². The molecule has 0 saturated heterocycles. The number of benzene rings is 1. The lowest BCUT2D eigenvalue weighted by atomic mass is 9.95. The van der Waals surface area contributed by atoms with Crippen LogP contribution in [0.4, 0.5) is 11.4 Å². The topological polar surface area (TPSA) is 81.1 Å². The highest BCUT2D eigenvalue weighted by Gasteiger charge is 2.16. The molecule has 1 aliphatic carbocycles. The van der Waals surface area contributed by atoms with Gasteiger partial charge in [-0.3, -0.25) is 4.79 Å². The Hall–Kier alpha value is -1.71. The highest BCUT2D eigenvalue weighted by Crippen LogP contribution is 2.19. The fourth-order valence-electron chi connectivity index (χ4n) is 2.32.